The summed E-state index contributed by atoms with van der Waals surface area (Å²) in [5.41, 5.74) is 0. The maximum Gasteiger partial charge on any atom is 0.240 e. The molecule has 6 heteroatoms. The van der Waals surface area contributed by atoms with Crippen molar-refractivity contribution in [3.8, 4) is 0 Å². The van der Waals surface area contributed by atoms with Gasteiger partial charge in [0.2, 0.25) is 11.8 Å². The summed E-state index contributed by atoms with van der Waals surface area (Å²) < 4.78 is 5.15. The van der Waals surface area contributed by atoms with Gasteiger partial charge in [-0.15, -0.1) is 0 Å². The van der Waals surface area contributed by atoms with Gasteiger partial charge in [-0.05, 0) is 13.0 Å². The molecule has 0 saturated carbocycles. The van der Waals surface area contributed by atoms with Crippen molar-refractivity contribution in [2.45, 2.75) is 26.8 Å². The van der Waals surface area contributed by atoms with Crippen LogP contribution in [0.25, 0.3) is 0 Å². The fraction of sp³-hybridized carbons (Fsp3) is 0.750. The van der Waals surface area contributed by atoms with Crippen LogP contribution in [0, 0.1) is 5.92 Å². The van der Waals surface area contributed by atoms with E-state index in [1.54, 1.807) is 19.0 Å². The summed E-state index contributed by atoms with van der Waals surface area (Å²) in [6, 6.07) is 0. The van der Waals surface area contributed by atoms with Crippen LogP contribution in [0.15, 0.2) is 4.52 Å². The second-order valence-corrected chi connectivity index (χ2v) is 5.16. The molecule has 0 bridgehead atoms. The largest absolute Gasteiger partial charge is 0.348 e. The number of aromatic nitrogens is 2. The maximum absolute atomic E-state index is 11.5. The molecule has 0 aliphatic carbocycles. The van der Waals surface area contributed by atoms with Crippen LogP contribution in [-0.2, 0) is 17.8 Å². The highest BCUT2D eigenvalue weighted by Crippen LogP contribution is 2.06. The third kappa shape index (κ3) is 4.83. The predicted molar refractivity (Wildman–Crippen MR) is 67.9 cm³/mol. The van der Waals surface area contributed by atoms with Gasteiger partial charge in [-0.2, -0.15) is 4.98 Å². The molecule has 0 saturated heterocycles. The minimum atomic E-state index is 0.0550. The Kier molecular flexibility index (Phi) is 5.27. The van der Waals surface area contributed by atoms with Gasteiger partial charge in [-0.3, -0.25) is 9.69 Å². The van der Waals surface area contributed by atoms with Gasteiger partial charge in [-0.25, -0.2) is 0 Å². The zero-order valence-electron chi connectivity index (χ0n) is 11.8. The van der Waals surface area contributed by atoms with Crippen molar-refractivity contribution in [2.75, 3.05) is 27.7 Å². The molecule has 1 amide bonds. The van der Waals surface area contributed by atoms with Crippen molar-refractivity contribution >= 4 is 5.91 Å². The Balaban J connectivity index is 2.47. The van der Waals surface area contributed by atoms with Crippen LogP contribution < -0.4 is 0 Å². The maximum atomic E-state index is 11.5. The summed E-state index contributed by atoms with van der Waals surface area (Å²) in [6.45, 7) is 5.05. The van der Waals surface area contributed by atoms with Crippen LogP contribution in [0.3, 0.4) is 0 Å². The zero-order chi connectivity index (χ0) is 13.7. The third-order valence-electron chi connectivity index (χ3n) is 2.41. The summed E-state index contributed by atoms with van der Waals surface area (Å²) in [4.78, 5) is 19.2. The number of likely N-dealkylation sites (N-methyl/N-ethyl adjacent to an activating group) is 2. The molecule has 6 nitrogen and oxygen atoms in total. The summed E-state index contributed by atoms with van der Waals surface area (Å²) in [6.07, 6.45) is 0.809. The van der Waals surface area contributed by atoms with E-state index in [2.05, 4.69) is 24.0 Å². The van der Waals surface area contributed by atoms with Crippen molar-refractivity contribution in [1.29, 1.82) is 0 Å². The van der Waals surface area contributed by atoms with Gasteiger partial charge < -0.3 is 9.42 Å². The van der Waals surface area contributed by atoms with Crippen LogP contribution in [0.5, 0.6) is 0 Å². The zero-order valence-corrected chi connectivity index (χ0v) is 11.8. The average Bonchev–Trinajstić information content (AvgIpc) is 2.63. The first-order chi connectivity index (χ1) is 8.38. The standard InChI is InChI=1S/C12H22N4O2/c1-9(2)6-10-13-11(18-14-10)7-16(5)8-12(17)15(3)4/h9H,6-8H2,1-5H3. The Morgan fingerprint density at radius 1 is 1.33 bits per heavy atom. The number of hydrogen-bond acceptors (Lipinski definition) is 5. The highest BCUT2D eigenvalue weighted by Gasteiger charge is 2.13. The third-order valence-corrected chi connectivity index (χ3v) is 2.41. The van der Waals surface area contributed by atoms with E-state index in [-0.39, 0.29) is 5.91 Å². The molecule has 0 N–H and O–H groups in total. The molecule has 0 spiro atoms. The number of carbonyl (C=O) groups excluding carboxylic acids is 1. The topological polar surface area (TPSA) is 62.5 Å². The minimum absolute atomic E-state index is 0.0550. The van der Waals surface area contributed by atoms with Crippen LogP contribution >= 0.6 is 0 Å². The van der Waals surface area contributed by atoms with E-state index < -0.39 is 0 Å². The van der Waals surface area contributed by atoms with Crippen LogP contribution in [0.2, 0.25) is 0 Å². The fourth-order valence-electron chi connectivity index (χ4n) is 1.46. The first-order valence-corrected chi connectivity index (χ1v) is 6.08. The van der Waals surface area contributed by atoms with Crippen molar-refractivity contribution in [3.63, 3.8) is 0 Å². The van der Waals surface area contributed by atoms with Crippen LogP contribution in [0.1, 0.15) is 25.6 Å². The summed E-state index contributed by atoms with van der Waals surface area (Å²) in [7, 11) is 5.33. The van der Waals surface area contributed by atoms with E-state index in [1.165, 1.54) is 0 Å². The molecule has 1 rings (SSSR count). The van der Waals surface area contributed by atoms with Crippen molar-refractivity contribution < 1.29 is 9.32 Å². The van der Waals surface area contributed by atoms with Gasteiger partial charge in [-0.1, -0.05) is 19.0 Å². The molecular formula is C12H22N4O2. The average molecular weight is 254 g/mol. The summed E-state index contributed by atoms with van der Waals surface area (Å²) >= 11 is 0. The van der Waals surface area contributed by atoms with Crippen molar-refractivity contribution in [3.05, 3.63) is 11.7 Å². The minimum Gasteiger partial charge on any atom is -0.348 e. The van der Waals surface area contributed by atoms with Gasteiger partial charge >= 0.3 is 0 Å². The predicted octanol–water partition coefficient (Wildman–Crippen LogP) is 0.788. The smallest absolute Gasteiger partial charge is 0.240 e. The van der Waals surface area contributed by atoms with Gasteiger partial charge in [0.25, 0.3) is 0 Å². The summed E-state index contributed by atoms with van der Waals surface area (Å²) in [5, 5.41) is 3.92. The Labute approximate surface area is 108 Å². The second-order valence-electron chi connectivity index (χ2n) is 5.16. The van der Waals surface area contributed by atoms with Crippen LogP contribution in [-0.4, -0.2) is 53.5 Å². The number of nitrogens with zero attached hydrogens (tertiary/aromatic N) is 4. The van der Waals surface area contributed by atoms with E-state index in [4.69, 9.17) is 4.52 Å². The van der Waals surface area contributed by atoms with Gasteiger partial charge in [0.05, 0.1) is 13.1 Å². The first-order valence-electron chi connectivity index (χ1n) is 6.08. The van der Waals surface area contributed by atoms with E-state index in [0.29, 0.717) is 24.9 Å². The van der Waals surface area contributed by atoms with E-state index in [1.807, 2.05) is 11.9 Å². The molecule has 18 heavy (non-hydrogen) atoms. The Bertz CT molecular complexity index is 387. The lowest BCUT2D eigenvalue weighted by molar-refractivity contribution is -0.129. The molecule has 0 aliphatic heterocycles. The number of carbonyl (C=O) groups is 1. The Morgan fingerprint density at radius 3 is 2.56 bits per heavy atom. The lowest BCUT2D eigenvalue weighted by Crippen LogP contribution is -2.34. The van der Waals surface area contributed by atoms with Gasteiger partial charge in [0.1, 0.15) is 0 Å². The van der Waals surface area contributed by atoms with Crippen molar-refractivity contribution in [1.82, 2.24) is 19.9 Å². The molecule has 0 radical (unpaired) electrons. The molecule has 0 unspecified atom stereocenters. The number of hydrogen-bond donors (Lipinski definition) is 0. The molecule has 102 valence electrons. The van der Waals surface area contributed by atoms with E-state index >= 15 is 0 Å². The Hall–Kier alpha value is -1.43. The molecule has 0 atom stereocenters. The molecule has 0 fully saturated rings. The van der Waals surface area contributed by atoms with Crippen LogP contribution in [0.4, 0.5) is 0 Å². The molecule has 0 aliphatic rings. The quantitative estimate of drug-likeness (QED) is 0.751. The molecule has 1 heterocycles. The SMILES string of the molecule is CC(C)Cc1noc(CN(C)CC(=O)N(C)C)n1. The lowest BCUT2D eigenvalue weighted by Gasteiger charge is -2.16. The molecule has 0 aromatic carbocycles. The highest BCUT2D eigenvalue weighted by molar-refractivity contribution is 5.77. The van der Waals surface area contributed by atoms with Crippen molar-refractivity contribution in [2.24, 2.45) is 5.92 Å². The monoisotopic (exact) mass is 254 g/mol. The second kappa shape index (κ2) is 6.49. The van der Waals surface area contributed by atoms with E-state index in [9.17, 15) is 4.79 Å². The van der Waals surface area contributed by atoms with E-state index in [0.717, 1.165) is 12.2 Å². The lowest BCUT2D eigenvalue weighted by atomic mass is 10.1. The number of rotatable bonds is 6. The Morgan fingerprint density at radius 2 is 2.00 bits per heavy atom. The molecule has 1 aromatic heterocycles. The fourth-order valence-corrected chi connectivity index (χ4v) is 1.46. The van der Waals surface area contributed by atoms with Gasteiger partial charge in [0.15, 0.2) is 5.82 Å². The van der Waals surface area contributed by atoms with Gasteiger partial charge in [0, 0.05) is 20.5 Å². The number of amides is 1. The summed E-state index contributed by atoms with van der Waals surface area (Å²) in [5.74, 6) is 1.84. The normalized spacial score (nSPS) is 11.3. The first kappa shape index (κ1) is 14.6. The molecule has 1 aromatic rings. The highest BCUT2D eigenvalue weighted by atomic mass is 16.5. The molecular weight excluding hydrogens is 232 g/mol.